The van der Waals surface area contributed by atoms with Crippen LogP contribution < -0.4 is 4.74 Å². The monoisotopic (exact) mass is 316 g/mol. The largest absolute Gasteiger partial charge is 0.490 e. The lowest BCUT2D eigenvalue weighted by Gasteiger charge is -2.08. The maximum Gasteiger partial charge on any atom is 0.339 e. The third-order valence-corrected chi connectivity index (χ3v) is 2.69. The van der Waals surface area contributed by atoms with E-state index in [4.69, 9.17) is 9.47 Å². The van der Waals surface area contributed by atoms with Gasteiger partial charge in [0.25, 0.3) is 0 Å². The van der Waals surface area contributed by atoms with Gasteiger partial charge in [0, 0.05) is 11.4 Å². The zero-order chi connectivity index (χ0) is 13.5. The predicted octanol–water partition coefficient (Wildman–Crippen LogP) is 2.18. The van der Waals surface area contributed by atoms with E-state index in [0.717, 1.165) is 0 Å². The second kappa shape index (κ2) is 7.00. The maximum absolute atomic E-state index is 11.4. The van der Waals surface area contributed by atoms with Crippen molar-refractivity contribution < 1.29 is 23.8 Å². The molecule has 0 saturated heterocycles. The average molecular weight is 317 g/mol. The van der Waals surface area contributed by atoms with E-state index in [9.17, 15) is 9.59 Å². The number of halogens is 1. The molecule has 5 nitrogen and oxygen atoms in total. The molecule has 0 spiro atoms. The molecule has 1 rings (SSSR count). The number of hydrogen-bond donors (Lipinski definition) is 0. The zero-order valence-electron chi connectivity index (χ0n) is 10.1. The summed E-state index contributed by atoms with van der Waals surface area (Å²) in [6.07, 6.45) is 0. The van der Waals surface area contributed by atoms with Crippen molar-refractivity contribution in [2.75, 3.05) is 20.3 Å². The first-order valence-corrected chi connectivity index (χ1v) is 5.98. The molecule has 98 valence electrons. The number of esters is 2. The number of methoxy groups -OCH3 is 1. The van der Waals surface area contributed by atoms with Crippen LogP contribution in [0, 0.1) is 0 Å². The number of rotatable bonds is 5. The first kappa shape index (κ1) is 14.5. The summed E-state index contributed by atoms with van der Waals surface area (Å²) in [5.41, 5.74) is 0.377. The molecule has 0 aliphatic rings. The van der Waals surface area contributed by atoms with E-state index in [1.807, 2.05) is 0 Å². The van der Waals surface area contributed by atoms with Crippen molar-refractivity contribution in [3.05, 3.63) is 28.2 Å². The molecule has 0 unspecified atom stereocenters. The van der Waals surface area contributed by atoms with Gasteiger partial charge in [-0.1, -0.05) is 0 Å². The topological polar surface area (TPSA) is 61.8 Å². The van der Waals surface area contributed by atoms with Crippen molar-refractivity contribution >= 4 is 27.9 Å². The number of hydrogen-bond acceptors (Lipinski definition) is 5. The molecule has 0 radical (unpaired) electrons. The summed E-state index contributed by atoms with van der Waals surface area (Å²) < 4.78 is 15.3. The average Bonchev–Trinajstić information content (AvgIpc) is 2.35. The molecule has 1 aromatic rings. The Labute approximate surface area is 113 Å². The Morgan fingerprint density at radius 2 is 2.00 bits per heavy atom. The summed E-state index contributed by atoms with van der Waals surface area (Å²) in [5, 5.41) is 0. The van der Waals surface area contributed by atoms with Gasteiger partial charge in [-0.05, 0) is 34.1 Å². The standard InChI is InChI=1S/C12H13BrO5/c1-8(14)17-5-6-18-9-3-4-11(13)10(7-9)12(15)16-2/h3-4,7H,5-6H2,1-2H3. The summed E-state index contributed by atoms with van der Waals surface area (Å²) in [5.74, 6) is -0.303. The van der Waals surface area contributed by atoms with Gasteiger partial charge in [0.1, 0.15) is 19.0 Å². The first-order chi connectivity index (χ1) is 8.54. The van der Waals surface area contributed by atoms with Gasteiger partial charge in [0.05, 0.1) is 12.7 Å². The van der Waals surface area contributed by atoms with Crippen LogP contribution in [0.15, 0.2) is 22.7 Å². The first-order valence-electron chi connectivity index (χ1n) is 5.18. The van der Waals surface area contributed by atoms with Gasteiger partial charge in [0.15, 0.2) is 0 Å². The van der Waals surface area contributed by atoms with E-state index < -0.39 is 5.97 Å². The van der Waals surface area contributed by atoms with Gasteiger partial charge >= 0.3 is 11.9 Å². The van der Waals surface area contributed by atoms with Gasteiger partial charge in [0.2, 0.25) is 0 Å². The van der Waals surface area contributed by atoms with Crippen molar-refractivity contribution in [3.63, 3.8) is 0 Å². The summed E-state index contributed by atoms with van der Waals surface area (Å²) in [4.78, 5) is 22.0. The maximum atomic E-state index is 11.4. The Kier molecular flexibility index (Phi) is 5.64. The highest BCUT2D eigenvalue weighted by molar-refractivity contribution is 9.10. The molecule has 0 heterocycles. The summed E-state index contributed by atoms with van der Waals surface area (Å²) in [7, 11) is 1.31. The minimum atomic E-state index is -0.452. The molecule has 6 heteroatoms. The van der Waals surface area contributed by atoms with Crippen molar-refractivity contribution in [1.29, 1.82) is 0 Å². The fourth-order valence-electron chi connectivity index (χ4n) is 1.21. The molecule has 0 atom stereocenters. The van der Waals surface area contributed by atoms with Crippen LogP contribution in [0.4, 0.5) is 0 Å². The van der Waals surface area contributed by atoms with Gasteiger partial charge < -0.3 is 14.2 Å². The van der Waals surface area contributed by atoms with Gasteiger partial charge in [-0.3, -0.25) is 4.79 Å². The minimum absolute atomic E-state index is 0.166. The number of ether oxygens (including phenoxy) is 3. The van der Waals surface area contributed by atoms with Crippen LogP contribution in [0.5, 0.6) is 5.75 Å². The van der Waals surface area contributed by atoms with Crippen LogP contribution in [0.2, 0.25) is 0 Å². The van der Waals surface area contributed by atoms with Crippen molar-refractivity contribution in [3.8, 4) is 5.75 Å². The molecule has 0 fully saturated rings. The fraction of sp³-hybridized carbons (Fsp3) is 0.333. The number of carbonyl (C=O) groups excluding carboxylic acids is 2. The molecule has 18 heavy (non-hydrogen) atoms. The summed E-state index contributed by atoms with van der Waals surface area (Å²) in [6.45, 7) is 1.72. The van der Waals surface area contributed by atoms with E-state index >= 15 is 0 Å². The van der Waals surface area contributed by atoms with Crippen LogP contribution in [-0.2, 0) is 14.3 Å². The van der Waals surface area contributed by atoms with Crippen molar-refractivity contribution in [2.24, 2.45) is 0 Å². The molecule has 0 N–H and O–H groups in total. The molecule has 0 bridgehead atoms. The lowest BCUT2D eigenvalue weighted by molar-refractivity contribution is -0.141. The third-order valence-electron chi connectivity index (χ3n) is 2.00. The summed E-state index contributed by atoms with van der Waals surface area (Å²) >= 11 is 3.25. The molecular weight excluding hydrogens is 304 g/mol. The highest BCUT2D eigenvalue weighted by atomic mass is 79.9. The second-order valence-corrected chi connectivity index (χ2v) is 4.18. The SMILES string of the molecule is COC(=O)c1cc(OCCOC(C)=O)ccc1Br. The van der Waals surface area contributed by atoms with Crippen molar-refractivity contribution in [2.45, 2.75) is 6.92 Å². The van der Waals surface area contributed by atoms with Gasteiger partial charge in [-0.2, -0.15) is 0 Å². The quantitative estimate of drug-likeness (QED) is 0.615. The van der Waals surface area contributed by atoms with Gasteiger partial charge in [-0.25, -0.2) is 4.79 Å². The van der Waals surface area contributed by atoms with E-state index in [0.29, 0.717) is 15.8 Å². The Morgan fingerprint density at radius 3 is 2.61 bits per heavy atom. The Hall–Kier alpha value is -1.56. The van der Waals surface area contributed by atoms with Crippen molar-refractivity contribution in [1.82, 2.24) is 0 Å². The molecule has 0 aliphatic heterocycles. The second-order valence-electron chi connectivity index (χ2n) is 3.32. The molecular formula is C12H13BrO5. The van der Waals surface area contributed by atoms with Crippen LogP contribution in [0.3, 0.4) is 0 Å². The van der Waals surface area contributed by atoms with Crippen LogP contribution in [0.25, 0.3) is 0 Å². The Bertz CT molecular complexity index is 444. The molecule has 0 aliphatic carbocycles. The normalized spacial score (nSPS) is 9.72. The molecule has 1 aromatic carbocycles. The third kappa shape index (κ3) is 4.37. The Morgan fingerprint density at radius 1 is 1.28 bits per heavy atom. The lowest BCUT2D eigenvalue weighted by atomic mass is 10.2. The highest BCUT2D eigenvalue weighted by Gasteiger charge is 2.11. The van der Waals surface area contributed by atoms with E-state index in [2.05, 4.69) is 20.7 Å². The molecule has 0 aromatic heterocycles. The molecule has 0 saturated carbocycles. The summed E-state index contributed by atoms with van der Waals surface area (Å²) in [6, 6.07) is 4.95. The lowest BCUT2D eigenvalue weighted by Crippen LogP contribution is -2.10. The van der Waals surface area contributed by atoms with Crippen LogP contribution in [0.1, 0.15) is 17.3 Å². The van der Waals surface area contributed by atoms with Crippen LogP contribution in [-0.4, -0.2) is 32.3 Å². The number of carbonyl (C=O) groups is 2. The van der Waals surface area contributed by atoms with E-state index in [1.165, 1.54) is 14.0 Å². The highest BCUT2D eigenvalue weighted by Crippen LogP contribution is 2.23. The Balaban J connectivity index is 2.62. The zero-order valence-corrected chi connectivity index (χ0v) is 11.7. The number of benzene rings is 1. The smallest absolute Gasteiger partial charge is 0.339 e. The minimum Gasteiger partial charge on any atom is -0.490 e. The van der Waals surface area contributed by atoms with E-state index in [1.54, 1.807) is 18.2 Å². The fourth-order valence-corrected chi connectivity index (χ4v) is 1.61. The predicted molar refractivity (Wildman–Crippen MR) is 67.6 cm³/mol. The van der Waals surface area contributed by atoms with Gasteiger partial charge in [-0.15, -0.1) is 0 Å². The molecule has 0 amide bonds. The van der Waals surface area contributed by atoms with Crippen LogP contribution >= 0.6 is 15.9 Å². The van der Waals surface area contributed by atoms with E-state index in [-0.39, 0.29) is 19.2 Å².